The number of pyridine rings is 1. The number of aromatic nitrogens is 1. The van der Waals surface area contributed by atoms with Gasteiger partial charge in [0.05, 0.1) is 6.61 Å². The van der Waals surface area contributed by atoms with Crippen LogP contribution in [0.15, 0.2) is 42.5 Å². The van der Waals surface area contributed by atoms with Gasteiger partial charge in [-0.25, -0.2) is 9.18 Å². The Morgan fingerprint density at radius 1 is 1.06 bits per heavy atom. The van der Waals surface area contributed by atoms with E-state index in [0.29, 0.717) is 42.8 Å². The second-order valence-electron chi connectivity index (χ2n) is 10.3. The molecule has 4 saturated carbocycles. The van der Waals surface area contributed by atoms with E-state index in [1.54, 1.807) is 37.4 Å². The number of hydrogen-bond acceptors (Lipinski definition) is 6. The number of carbonyl (C=O) groups is 2. The van der Waals surface area contributed by atoms with E-state index >= 15 is 0 Å². The van der Waals surface area contributed by atoms with E-state index in [0.717, 1.165) is 32.1 Å². The highest BCUT2D eigenvalue weighted by molar-refractivity contribution is 5.94. The van der Waals surface area contributed by atoms with Gasteiger partial charge in [0.15, 0.2) is 0 Å². The number of carbonyl (C=O) groups excluding carboxylic acids is 2. The molecule has 8 nitrogen and oxygen atoms in total. The summed E-state index contributed by atoms with van der Waals surface area (Å²) in [5, 5.41) is 9.47. The molecule has 2 atom stereocenters. The smallest absolute Gasteiger partial charge is 0.391 e. The Labute approximate surface area is 204 Å². The standard InChI is InChI=1S/C26H31FN4O4/c1-34-9-8-28-21-6-3-7-22(29-21)35-24(33)31-26-14-17-10-18(15-26)13-25(12-17,16-26)30-23(32)19-4-2-5-20(27)11-19/h2-7,11,17-18H,8-10,12-16H2,1H3,(H,28,29)(H,30,32)(H,31,33). The SMILES string of the molecule is COCCNc1cccc(OC(=O)NC23CC4CC(C2)CC(NC(=O)c2cccc(F)c2)(C4)C3)n1. The molecule has 0 radical (unpaired) electrons. The molecule has 4 aliphatic carbocycles. The molecule has 6 rings (SSSR count). The van der Waals surface area contributed by atoms with Crippen LogP contribution in [0.2, 0.25) is 0 Å². The zero-order chi connectivity index (χ0) is 24.5. The molecule has 9 heteroatoms. The fourth-order valence-corrected chi connectivity index (χ4v) is 6.69. The van der Waals surface area contributed by atoms with E-state index < -0.39 is 23.0 Å². The third-order valence-electron chi connectivity index (χ3n) is 7.43. The van der Waals surface area contributed by atoms with E-state index in [1.165, 1.54) is 12.1 Å². The minimum Gasteiger partial charge on any atom is -0.391 e. The van der Waals surface area contributed by atoms with Gasteiger partial charge in [-0.3, -0.25) is 4.79 Å². The highest BCUT2D eigenvalue weighted by atomic mass is 19.1. The summed E-state index contributed by atoms with van der Waals surface area (Å²) in [4.78, 5) is 30.2. The average Bonchev–Trinajstić information content (AvgIpc) is 2.78. The normalized spacial score (nSPS) is 28.4. The number of anilines is 1. The number of halogens is 1. The summed E-state index contributed by atoms with van der Waals surface area (Å²) in [6, 6.07) is 11.0. The van der Waals surface area contributed by atoms with E-state index in [9.17, 15) is 14.0 Å². The molecular weight excluding hydrogens is 451 g/mol. The Morgan fingerprint density at radius 2 is 1.77 bits per heavy atom. The molecule has 1 heterocycles. The minimum absolute atomic E-state index is 0.212. The first-order valence-corrected chi connectivity index (χ1v) is 12.1. The molecule has 4 aliphatic rings. The third-order valence-corrected chi connectivity index (χ3v) is 7.43. The van der Waals surface area contributed by atoms with E-state index in [2.05, 4.69) is 20.9 Å². The van der Waals surface area contributed by atoms with Crippen molar-refractivity contribution in [3.63, 3.8) is 0 Å². The molecule has 4 bridgehead atoms. The molecule has 0 spiro atoms. The van der Waals surface area contributed by atoms with Gasteiger partial charge >= 0.3 is 6.09 Å². The van der Waals surface area contributed by atoms with Crippen LogP contribution >= 0.6 is 0 Å². The molecule has 1 aromatic carbocycles. The zero-order valence-corrected chi connectivity index (χ0v) is 19.8. The number of rotatable bonds is 8. The van der Waals surface area contributed by atoms with Gasteiger partial charge in [-0.15, -0.1) is 0 Å². The summed E-state index contributed by atoms with van der Waals surface area (Å²) in [6.45, 7) is 1.13. The zero-order valence-electron chi connectivity index (χ0n) is 19.8. The molecule has 2 unspecified atom stereocenters. The predicted octanol–water partition coefficient (Wildman–Crippen LogP) is 3.89. The molecule has 186 valence electrons. The molecule has 4 fully saturated rings. The van der Waals surface area contributed by atoms with E-state index in [4.69, 9.17) is 9.47 Å². The first-order chi connectivity index (χ1) is 16.9. The molecule has 1 aromatic heterocycles. The highest BCUT2D eigenvalue weighted by Crippen LogP contribution is 2.57. The first kappa shape index (κ1) is 23.5. The maximum Gasteiger partial charge on any atom is 0.414 e. The summed E-state index contributed by atoms with van der Waals surface area (Å²) in [5.74, 6) is 0.929. The van der Waals surface area contributed by atoms with Gasteiger partial charge < -0.3 is 25.4 Å². The summed E-state index contributed by atoms with van der Waals surface area (Å²) in [6.07, 6.45) is 4.67. The lowest BCUT2D eigenvalue weighted by Crippen LogP contribution is -2.70. The highest BCUT2D eigenvalue weighted by Gasteiger charge is 2.59. The largest absolute Gasteiger partial charge is 0.414 e. The monoisotopic (exact) mass is 482 g/mol. The summed E-state index contributed by atoms with van der Waals surface area (Å²) in [7, 11) is 1.63. The average molecular weight is 483 g/mol. The van der Waals surface area contributed by atoms with Crippen LogP contribution in [0, 0.1) is 17.7 Å². The van der Waals surface area contributed by atoms with Crippen LogP contribution in [-0.2, 0) is 4.74 Å². The third kappa shape index (κ3) is 5.24. The number of benzene rings is 1. The van der Waals surface area contributed by atoms with Crippen LogP contribution in [0.1, 0.15) is 48.9 Å². The lowest BCUT2D eigenvalue weighted by molar-refractivity contribution is -0.0449. The number of hydrogen-bond donors (Lipinski definition) is 3. The van der Waals surface area contributed by atoms with Crippen LogP contribution in [0.25, 0.3) is 0 Å². The molecule has 0 aliphatic heterocycles. The molecule has 3 N–H and O–H groups in total. The van der Waals surface area contributed by atoms with E-state index in [-0.39, 0.29) is 11.8 Å². The maximum atomic E-state index is 13.7. The first-order valence-electron chi connectivity index (χ1n) is 12.1. The number of amides is 2. The Balaban J connectivity index is 1.26. The molecular formula is C26H31FN4O4. The van der Waals surface area contributed by atoms with Crippen molar-refractivity contribution in [2.75, 3.05) is 25.6 Å². The van der Waals surface area contributed by atoms with Crippen molar-refractivity contribution in [3.05, 3.63) is 53.8 Å². The van der Waals surface area contributed by atoms with Crippen LogP contribution in [-0.4, -0.2) is 48.3 Å². The number of nitrogens with zero attached hydrogens (tertiary/aromatic N) is 1. The van der Waals surface area contributed by atoms with Crippen molar-refractivity contribution in [3.8, 4) is 5.88 Å². The second-order valence-corrected chi connectivity index (χ2v) is 10.3. The van der Waals surface area contributed by atoms with E-state index in [1.807, 2.05) is 0 Å². The fourth-order valence-electron chi connectivity index (χ4n) is 6.69. The van der Waals surface area contributed by atoms with Crippen molar-refractivity contribution >= 4 is 17.8 Å². The van der Waals surface area contributed by atoms with Crippen LogP contribution < -0.4 is 20.7 Å². The Bertz CT molecular complexity index is 1100. The van der Waals surface area contributed by atoms with Crippen LogP contribution in [0.5, 0.6) is 5.88 Å². The maximum absolute atomic E-state index is 13.7. The minimum atomic E-state index is -0.542. The van der Waals surface area contributed by atoms with Gasteiger partial charge in [-0.1, -0.05) is 12.1 Å². The summed E-state index contributed by atoms with van der Waals surface area (Å²) < 4.78 is 24.2. The van der Waals surface area contributed by atoms with Crippen molar-refractivity contribution in [1.29, 1.82) is 0 Å². The van der Waals surface area contributed by atoms with Gasteiger partial charge in [0.25, 0.3) is 5.91 Å². The van der Waals surface area contributed by atoms with Crippen molar-refractivity contribution in [1.82, 2.24) is 15.6 Å². The van der Waals surface area contributed by atoms with Crippen LogP contribution in [0.3, 0.4) is 0 Å². The Morgan fingerprint density at radius 3 is 2.49 bits per heavy atom. The van der Waals surface area contributed by atoms with Gasteiger partial charge in [0.1, 0.15) is 11.6 Å². The van der Waals surface area contributed by atoms with Crippen molar-refractivity contribution < 1.29 is 23.5 Å². The van der Waals surface area contributed by atoms with Crippen molar-refractivity contribution in [2.24, 2.45) is 11.8 Å². The predicted molar refractivity (Wildman–Crippen MR) is 128 cm³/mol. The second kappa shape index (κ2) is 9.45. The van der Waals surface area contributed by atoms with Gasteiger partial charge in [0.2, 0.25) is 5.88 Å². The van der Waals surface area contributed by atoms with Crippen LogP contribution in [0.4, 0.5) is 15.0 Å². The molecule has 2 amide bonds. The topological polar surface area (TPSA) is 102 Å². The summed E-state index contributed by atoms with van der Waals surface area (Å²) in [5.41, 5.74) is -0.540. The molecule has 35 heavy (non-hydrogen) atoms. The lowest BCUT2D eigenvalue weighted by atomic mass is 9.50. The fraction of sp³-hybridized carbons (Fsp3) is 0.500. The molecule has 2 aromatic rings. The van der Waals surface area contributed by atoms with Crippen molar-refractivity contribution in [2.45, 2.75) is 49.6 Å². The van der Waals surface area contributed by atoms with Gasteiger partial charge in [0, 0.05) is 36.4 Å². The Kier molecular flexibility index (Phi) is 6.35. The Hall–Kier alpha value is -3.20. The lowest BCUT2D eigenvalue weighted by Gasteiger charge is -2.62. The van der Waals surface area contributed by atoms with Gasteiger partial charge in [-0.2, -0.15) is 4.98 Å². The quantitative estimate of drug-likeness (QED) is 0.494. The summed E-state index contributed by atoms with van der Waals surface area (Å²) >= 11 is 0. The van der Waals surface area contributed by atoms with Gasteiger partial charge in [-0.05, 0) is 74.6 Å². The number of methoxy groups -OCH3 is 1. The number of nitrogens with one attached hydrogen (secondary N) is 3. The number of ether oxygens (including phenoxy) is 2. The molecule has 0 saturated heterocycles.